The van der Waals surface area contributed by atoms with Gasteiger partial charge in [-0.3, -0.25) is 4.90 Å². The molecule has 0 radical (unpaired) electrons. The van der Waals surface area contributed by atoms with E-state index in [0.29, 0.717) is 0 Å². The van der Waals surface area contributed by atoms with Crippen LogP contribution < -0.4 is 5.32 Å². The average molecular weight is 331 g/mol. The van der Waals surface area contributed by atoms with E-state index in [-0.39, 0.29) is 0 Å². The first kappa shape index (κ1) is 14.5. The standard InChI is InChI=1S/C14H23BrN2S/c1-2-9-17(10-12-5-7-16-8-6-12)11-13-3-4-14(15)18-13/h3-4,12,16H,2,5-11H2,1H3. The van der Waals surface area contributed by atoms with Crippen LogP contribution in [0.4, 0.5) is 0 Å². The van der Waals surface area contributed by atoms with Gasteiger partial charge in [-0.15, -0.1) is 11.3 Å². The Morgan fingerprint density at radius 1 is 1.39 bits per heavy atom. The van der Waals surface area contributed by atoms with Crippen molar-refractivity contribution in [3.8, 4) is 0 Å². The molecule has 0 aromatic carbocycles. The van der Waals surface area contributed by atoms with E-state index in [2.05, 4.69) is 45.2 Å². The second-order valence-electron chi connectivity index (χ2n) is 5.13. The number of nitrogens with zero attached hydrogens (tertiary/aromatic N) is 1. The number of nitrogens with one attached hydrogen (secondary N) is 1. The Morgan fingerprint density at radius 2 is 2.17 bits per heavy atom. The minimum absolute atomic E-state index is 0.890. The van der Waals surface area contributed by atoms with Crippen LogP contribution >= 0.6 is 27.3 Å². The number of hydrogen-bond acceptors (Lipinski definition) is 3. The van der Waals surface area contributed by atoms with Gasteiger partial charge in [0.25, 0.3) is 0 Å². The Labute approximate surface area is 123 Å². The molecule has 0 atom stereocenters. The molecule has 1 aromatic heterocycles. The van der Waals surface area contributed by atoms with Crippen molar-refractivity contribution in [1.29, 1.82) is 0 Å². The molecule has 0 amide bonds. The van der Waals surface area contributed by atoms with E-state index < -0.39 is 0 Å². The molecule has 0 spiro atoms. The number of hydrogen-bond donors (Lipinski definition) is 1. The molecule has 18 heavy (non-hydrogen) atoms. The highest BCUT2D eigenvalue weighted by Gasteiger charge is 2.17. The lowest BCUT2D eigenvalue weighted by atomic mass is 9.97. The van der Waals surface area contributed by atoms with Gasteiger partial charge in [0, 0.05) is 18.0 Å². The van der Waals surface area contributed by atoms with Crippen molar-refractivity contribution in [2.24, 2.45) is 5.92 Å². The van der Waals surface area contributed by atoms with Crippen LogP contribution in [-0.2, 0) is 6.54 Å². The van der Waals surface area contributed by atoms with Gasteiger partial charge < -0.3 is 5.32 Å². The van der Waals surface area contributed by atoms with Crippen molar-refractivity contribution >= 4 is 27.3 Å². The zero-order valence-corrected chi connectivity index (χ0v) is 13.5. The summed E-state index contributed by atoms with van der Waals surface area (Å²) in [5, 5.41) is 3.45. The van der Waals surface area contributed by atoms with Gasteiger partial charge in [-0.2, -0.15) is 0 Å². The Balaban J connectivity index is 1.86. The predicted molar refractivity (Wildman–Crippen MR) is 83.2 cm³/mol. The molecular formula is C14H23BrN2S. The van der Waals surface area contributed by atoms with E-state index in [4.69, 9.17) is 0 Å². The fourth-order valence-corrected chi connectivity index (χ4v) is 4.16. The normalized spacial score (nSPS) is 17.5. The molecule has 102 valence electrons. The molecule has 1 aliphatic rings. The van der Waals surface area contributed by atoms with Crippen molar-refractivity contribution in [3.63, 3.8) is 0 Å². The molecule has 2 nitrogen and oxygen atoms in total. The fourth-order valence-electron chi connectivity index (χ4n) is 2.64. The molecule has 1 N–H and O–H groups in total. The number of rotatable bonds is 6. The lowest BCUT2D eigenvalue weighted by Crippen LogP contribution is -2.36. The average Bonchev–Trinajstić information content (AvgIpc) is 2.76. The summed E-state index contributed by atoms with van der Waals surface area (Å²) in [4.78, 5) is 4.11. The molecule has 1 aromatic rings. The molecule has 0 bridgehead atoms. The molecule has 4 heteroatoms. The topological polar surface area (TPSA) is 15.3 Å². The second kappa shape index (κ2) is 7.63. The van der Waals surface area contributed by atoms with Crippen LogP contribution in [-0.4, -0.2) is 31.1 Å². The first-order valence-electron chi connectivity index (χ1n) is 6.95. The van der Waals surface area contributed by atoms with E-state index >= 15 is 0 Å². The summed E-state index contributed by atoms with van der Waals surface area (Å²) in [5.74, 6) is 0.890. The van der Waals surface area contributed by atoms with Gasteiger partial charge in [-0.1, -0.05) is 6.92 Å². The maximum absolute atomic E-state index is 3.55. The van der Waals surface area contributed by atoms with Gasteiger partial charge in [-0.05, 0) is 72.9 Å². The minimum Gasteiger partial charge on any atom is -0.317 e. The predicted octanol–water partition coefficient (Wildman–Crippen LogP) is 3.72. The first-order valence-corrected chi connectivity index (χ1v) is 8.56. The van der Waals surface area contributed by atoms with E-state index in [9.17, 15) is 0 Å². The molecule has 1 saturated heterocycles. The van der Waals surface area contributed by atoms with Crippen LogP contribution in [0.15, 0.2) is 15.9 Å². The lowest BCUT2D eigenvalue weighted by molar-refractivity contribution is 0.200. The van der Waals surface area contributed by atoms with Gasteiger partial charge in [0.1, 0.15) is 0 Å². The summed E-state index contributed by atoms with van der Waals surface area (Å²) in [6, 6.07) is 4.41. The summed E-state index contributed by atoms with van der Waals surface area (Å²) in [7, 11) is 0. The van der Waals surface area contributed by atoms with Gasteiger partial charge in [-0.25, -0.2) is 0 Å². The molecular weight excluding hydrogens is 308 g/mol. The van der Waals surface area contributed by atoms with Crippen molar-refractivity contribution in [3.05, 3.63) is 20.8 Å². The van der Waals surface area contributed by atoms with Crippen LogP contribution in [0, 0.1) is 5.92 Å². The number of halogens is 1. The highest BCUT2D eigenvalue weighted by Crippen LogP contribution is 2.24. The molecule has 1 fully saturated rings. The number of piperidine rings is 1. The highest BCUT2D eigenvalue weighted by atomic mass is 79.9. The summed E-state index contributed by atoms with van der Waals surface area (Å²) < 4.78 is 1.25. The summed E-state index contributed by atoms with van der Waals surface area (Å²) >= 11 is 5.42. The van der Waals surface area contributed by atoms with Crippen molar-refractivity contribution in [2.45, 2.75) is 32.7 Å². The van der Waals surface area contributed by atoms with Crippen molar-refractivity contribution in [1.82, 2.24) is 10.2 Å². The van der Waals surface area contributed by atoms with Gasteiger partial charge in [0.2, 0.25) is 0 Å². The minimum atomic E-state index is 0.890. The van der Waals surface area contributed by atoms with Gasteiger partial charge in [0.05, 0.1) is 3.79 Å². The molecule has 1 aliphatic heterocycles. The monoisotopic (exact) mass is 330 g/mol. The van der Waals surface area contributed by atoms with Crippen LogP contribution in [0.3, 0.4) is 0 Å². The Hall–Kier alpha value is 0.1000. The summed E-state index contributed by atoms with van der Waals surface area (Å²) in [6.07, 6.45) is 3.93. The lowest BCUT2D eigenvalue weighted by Gasteiger charge is -2.29. The molecule has 2 heterocycles. The number of thiophene rings is 1. The third kappa shape index (κ3) is 4.65. The fraction of sp³-hybridized carbons (Fsp3) is 0.714. The van der Waals surface area contributed by atoms with Crippen LogP contribution in [0.1, 0.15) is 31.1 Å². The molecule has 0 aliphatic carbocycles. The molecule has 0 unspecified atom stereocenters. The summed E-state index contributed by atoms with van der Waals surface area (Å²) in [6.45, 7) is 8.29. The molecule has 2 rings (SSSR count). The largest absolute Gasteiger partial charge is 0.317 e. The molecule has 0 saturated carbocycles. The first-order chi connectivity index (χ1) is 8.78. The van der Waals surface area contributed by atoms with Crippen LogP contribution in [0.25, 0.3) is 0 Å². The Bertz CT molecular complexity index is 347. The second-order valence-corrected chi connectivity index (χ2v) is 7.68. The SMILES string of the molecule is CCCN(Cc1ccc(Br)s1)CC1CCNCC1. The maximum Gasteiger partial charge on any atom is 0.0701 e. The summed E-state index contributed by atoms with van der Waals surface area (Å²) in [5.41, 5.74) is 0. The zero-order valence-electron chi connectivity index (χ0n) is 11.1. The Kier molecular flexibility index (Phi) is 6.15. The van der Waals surface area contributed by atoms with Crippen molar-refractivity contribution in [2.75, 3.05) is 26.2 Å². The van der Waals surface area contributed by atoms with Crippen LogP contribution in [0.2, 0.25) is 0 Å². The van der Waals surface area contributed by atoms with E-state index in [1.165, 1.54) is 54.1 Å². The van der Waals surface area contributed by atoms with Gasteiger partial charge in [0.15, 0.2) is 0 Å². The third-order valence-electron chi connectivity index (χ3n) is 3.52. The zero-order chi connectivity index (χ0) is 12.8. The third-order valence-corrected chi connectivity index (χ3v) is 5.13. The van der Waals surface area contributed by atoms with Gasteiger partial charge >= 0.3 is 0 Å². The van der Waals surface area contributed by atoms with E-state index in [1.54, 1.807) is 0 Å². The van der Waals surface area contributed by atoms with Crippen LogP contribution in [0.5, 0.6) is 0 Å². The smallest absolute Gasteiger partial charge is 0.0701 e. The van der Waals surface area contributed by atoms with E-state index in [1.807, 2.05) is 11.3 Å². The maximum atomic E-state index is 3.55. The quantitative estimate of drug-likeness (QED) is 0.855. The van der Waals surface area contributed by atoms with Crippen molar-refractivity contribution < 1.29 is 0 Å². The van der Waals surface area contributed by atoms with E-state index in [0.717, 1.165) is 12.5 Å². The highest BCUT2D eigenvalue weighted by molar-refractivity contribution is 9.11. The Morgan fingerprint density at radius 3 is 2.78 bits per heavy atom.